The number of fused-ring (bicyclic) bond motifs is 1. The molecule has 0 bridgehead atoms. The number of aromatic nitrogens is 2. The summed E-state index contributed by atoms with van der Waals surface area (Å²) in [6, 6.07) is 17.3. The first-order valence-electron chi connectivity index (χ1n) is 8.16. The fourth-order valence-corrected chi connectivity index (χ4v) is 3.51. The van der Waals surface area contributed by atoms with Gasteiger partial charge in [-0.05, 0) is 52.2 Å². The fraction of sp³-hybridized carbons (Fsp3) is 0.100. The molecule has 26 heavy (non-hydrogen) atoms. The van der Waals surface area contributed by atoms with Gasteiger partial charge >= 0.3 is 0 Å². The number of carbonyl (C=O) groups is 1. The molecule has 0 fully saturated rings. The van der Waals surface area contributed by atoms with Crippen LogP contribution in [-0.2, 0) is 0 Å². The number of amides is 1. The molecule has 1 unspecified atom stereocenters. The van der Waals surface area contributed by atoms with Crippen LogP contribution in [0, 0.1) is 6.92 Å². The third kappa shape index (κ3) is 3.15. The smallest absolute Gasteiger partial charge is 0.288 e. The zero-order valence-corrected chi connectivity index (χ0v) is 15.6. The summed E-state index contributed by atoms with van der Waals surface area (Å²) in [5.41, 5.74) is 4.55. The van der Waals surface area contributed by atoms with Crippen LogP contribution < -0.4 is 5.32 Å². The van der Waals surface area contributed by atoms with Gasteiger partial charge in [0.25, 0.3) is 5.91 Å². The number of H-pyrrole nitrogens is 1. The van der Waals surface area contributed by atoms with Gasteiger partial charge in [0, 0.05) is 5.56 Å². The molecule has 4 rings (SSSR count). The van der Waals surface area contributed by atoms with E-state index in [1.54, 1.807) is 12.4 Å². The molecule has 1 amide bonds. The van der Waals surface area contributed by atoms with Crippen LogP contribution in [0.1, 0.15) is 33.3 Å². The molecule has 0 saturated carbocycles. The van der Waals surface area contributed by atoms with Gasteiger partial charge in [-0.1, -0.05) is 36.4 Å². The van der Waals surface area contributed by atoms with Gasteiger partial charge < -0.3 is 14.7 Å². The Balaban J connectivity index is 1.73. The quantitative estimate of drug-likeness (QED) is 0.510. The molecule has 130 valence electrons. The highest BCUT2D eigenvalue weighted by Crippen LogP contribution is 2.26. The number of hydrogen-bond donors (Lipinski definition) is 2. The van der Waals surface area contributed by atoms with Crippen LogP contribution in [0.5, 0.6) is 0 Å². The number of hydrogen-bond acceptors (Lipinski definition) is 3. The lowest BCUT2D eigenvalue weighted by Crippen LogP contribution is -2.29. The number of furan rings is 1. The van der Waals surface area contributed by atoms with E-state index >= 15 is 0 Å². The topological polar surface area (TPSA) is 70.9 Å². The number of halogens is 1. The summed E-state index contributed by atoms with van der Waals surface area (Å²) in [5, 5.41) is 3.09. The highest BCUT2D eigenvalue weighted by Gasteiger charge is 2.22. The number of aryl methyl sites for hydroxylation is 1. The molecular formula is C20H16BrN3O2. The van der Waals surface area contributed by atoms with Crippen molar-refractivity contribution in [2.75, 3.05) is 0 Å². The fourth-order valence-electron chi connectivity index (χ4n) is 3.00. The Morgan fingerprint density at radius 1 is 1.15 bits per heavy atom. The van der Waals surface area contributed by atoms with Crippen LogP contribution in [0.25, 0.3) is 11.0 Å². The maximum absolute atomic E-state index is 12.8. The van der Waals surface area contributed by atoms with Crippen molar-refractivity contribution in [2.24, 2.45) is 0 Å². The molecule has 0 radical (unpaired) electrons. The summed E-state index contributed by atoms with van der Waals surface area (Å²) in [6.07, 6.45) is 1.66. The standard InChI is InChI=1S/C20H16BrN3O2/c1-12-9-17(21)26-19(12)20(25)24-18(13-5-3-2-4-6-13)14-7-8-15-16(10-14)23-11-22-15/h2-11,18H,1H3,(H,22,23)(H,24,25). The molecule has 0 spiro atoms. The average molecular weight is 410 g/mol. The van der Waals surface area contributed by atoms with E-state index in [2.05, 4.69) is 31.2 Å². The van der Waals surface area contributed by atoms with E-state index in [1.165, 1.54) is 0 Å². The first kappa shape index (κ1) is 16.6. The monoisotopic (exact) mass is 409 g/mol. The van der Waals surface area contributed by atoms with Gasteiger partial charge in [-0.2, -0.15) is 0 Å². The molecule has 0 aliphatic carbocycles. The molecule has 4 aromatic rings. The minimum atomic E-state index is -0.306. The Bertz CT molecular complexity index is 1070. The lowest BCUT2D eigenvalue weighted by Gasteiger charge is -2.19. The number of rotatable bonds is 4. The number of nitrogens with zero attached hydrogens (tertiary/aromatic N) is 1. The predicted molar refractivity (Wildman–Crippen MR) is 103 cm³/mol. The second-order valence-electron chi connectivity index (χ2n) is 6.06. The highest BCUT2D eigenvalue weighted by atomic mass is 79.9. The van der Waals surface area contributed by atoms with E-state index in [0.29, 0.717) is 10.4 Å². The summed E-state index contributed by atoms with van der Waals surface area (Å²) in [4.78, 5) is 20.2. The number of nitrogens with one attached hydrogen (secondary N) is 2. The zero-order valence-electron chi connectivity index (χ0n) is 14.0. The van der Waals surface area contributed by atoms with Crippen molar-refractivity contribution in [3.8, 4) is 0 Å². The van der Waals surface area contributed by atoms with Crippen molar-refractivity contribution < 1.29 is 9.21 Å². The Morgan fingerprint density at radius 3 is 2.69 bits per heavy atom. The second-order valence-corrected chi connectivity index (χ2v) is 6.84. The number of carbonyl (C=O) groups excluding carboxylic acids is 1. The van der Waals surface area contributed by atoms with Gasteiger partial charge in [0.15, 0.2) is 10.4 Å². The molecule has 2 heterocycles. The Hall–Kier alpha value is -2.86. The van der Waals surface area contributed by atoms with Gasteiger partial charge in [0.1, 0.15) is 0 Å². The Morgan fingerprint density at radius 2 is 1.96 bits per heavy atom. The lowest BCUT2D eigenvalue weighted by atomic mass is 9.98. The Kier molecular flexibility index (Phi) is 4.34. The van der Waals surface area contributed by atoms with Gasteiger partial charge in [-0.15, -0.1) is 0 Å². The van der Waals surface area contributed by atoms with E-state index < -0.39 is 0 Å². The molecule has 0 saturated heterocycles. The first-order valence-corrected chi connectivity index (χ1v) is 8.96. The van der Waals surface area contributed by atoms with Crippen LogP contribution in [-0.4, -0.2) is 15.9 Å². The Labute approximate surface area is 158 Å². The van der Waals surface area contributed by atoms with Crippen molar-refractivity contribution in [2.45, 2.75) is 13.0 Å². The molecule has 0 aliphatic heterocycles. The summed E-state index contributed by atoms with van der Waals surface area (Å²) in [6.45, 7) is 1.84. The zero-order chi connectivity index (χ0) is 18.1. The average Bonchev–Trinajstić information content (AvgIpc) is 3.25. The molecule has 5 nitrogen and oxygen atoms in total. The third-order valence-electron chi connectivity index (χ3n) is 4.28. The van der Waals surface area contributed by atoms with Crippen molar-refractivity contribution in [1.82, 2.24) is 15.3 Å². The molecule has 1 atom stereocenters. The predicted octanol–water partition coefficient (Wildman–Crippen LogP) is 4.75. The number of benzene rings is 2. The molecular weight excluding hydrogens is 394 g/mol. The summed E-state index contributed by atoms with van der Waals surface area (Å²) >= 11 is 3.27. The molecule has 2 N–H and O–H groups in total. The lowest BCUT2D eigenvalue weighted by molar-refractivity contribution is 0.0913. The van der Waals surface area contributed by atoms with Crippen molar-refractivity contribution in [3.63, 3.8) is 0 Å². The van der Waals surface area contributed by atoms with Gasteiger partial charge in [0.2, 0.25) is 0 Å². The van der Waals surface area contributed by atoms with E-state index in [1.807, 2.05) is 55.5 Å². The largest absolute Gasteiger partial charge is 0.444 e. The van der Waals surface area contributed by atoms with Gasteiger partial charge in [-0.3, -0.25) is 4.79 Å². The second kappa shape index (κ2) is 6.80. The molecule has 2 aromatic carbocycles. The molecule has 6 heteroatoms. The maximum Gasteiger partial charge on any atom is 0.288 e. The van der Waals surface area contributed by atoms with Crippen LogP contribution in [0.4, 0.5) is 0 Å². The SMILES string of the molecule is Cc1cc(Br)oc1C(=O)NC(c1ccccc1)c1ccc2nc[nH]c2c1. The minimum Gasteiger partial charge on any atom is -0.444 e. The summed E-state index contributed by atoms with van der Waals surface area (Å²) in [7, 11) is 0. The van der Waals surface area contributed by atoms with E-state index in [9.17, 15) is 4.79 Å². The van der Waals surface area contributed by atoms with Crippen molar-refractivity contribution in [1.29, 1.82) is 0 Å². The number of imidazole rings is 1. The van der Waals surface area contributed by atoms with Crippen LogP contribution in [0.15, 0.2) is 70.0 Å². The van der Waals surface area contributed by atoms with Crippen molar-refractivity contribution in [3.05, 3.63) is 88.0 Å². The summed E-state index contributed by atoms with van der Waals surface area (Å²) < 4.78 is 6.03. The summed E-state index contributed by atoms with van der Waals surface area (Å²) in [5.74, 6) is 0.0483. The number of aromatic amines is 1. The van der Waals surface area contributed by atoms with Crippen LogP contribution >= 0.6 is 15.9 Å². The van der Waals surface area contributed by atoms with Crippen LogP contribution in [0.2, 0.25) is 0 Å². The van der Waals surface area contributed by atoms with E-state index in [4.69, 9.17) is 4.42 Å². The third-order valence-corrected chi connectivity index (χ3v) is 4.67. The van der Waals surface area contributed by atoms with Crippen molar-refractivity contribution >= 4 is 32.9 Å². The first-order chi connectivity index (χ1) is 12.6. The molecule has 2 aromatic heterocycles. The van der Waals surface area contributed by atoms with Gasteiger partial charge in [0.05, 0.1) is 23.4 Å². The van der Waals surface area contributed by atoms with Gasteiger partial charge in [-0.25, -0.2) is 4.98 Å². The normalized spacial score (nSPS) is 12.2. The van der Waals surface area contributed by atoms with E-state index in [-0.39, 0.29) is 11.9 Å². The van der Waals surface area contributed by atoms with Crippen LogP contribution in [0.3, 0.4) is 0 Å². The highest BCUT2D eigenvalue weighted by molar-refractivity contribution is 9.10. The minimum absolute atomic E-state index is 0.258. The molecule has 0 aliphatic rings. The van der Waals surface area contributed by atoms with E-state index in [0.717, 1.165) is 27.7 Å². The maximum atomic E-state index is 12.8.